The third-order valence-corrected chi connectivity index (χ3v) is 3.66. The first-order valence-corrected chi connectivity index (χ1v) is 5.89. The average Bonchev–Trinajstić information content (AvgIpc) is 2.29. The second-order valence-electron chi connectivity index (χ2n) is 4.68. The Morgan fingerprint density at radius 1 is 1.31 bits per heavy atom. The summed E-state index contributed by atoms with van der Waals surface area (Å²) in [6.45, 7) is 2.78. The molecule has 4 nitrogen and oxygen atoms in total. The SMILES string of the molecule is CC(=O)OC1=CC2CCC1C1OCCOC21. The summed E-state index contributed by atoms with van der Waals surface area (Å²) in [6, 6.07) is 0. The van der Waals surface area contributed by atoms with Gasteiger partial charge in [0.15, 0.2) is 0 Å². The summed E-state index contributed by atoms with van der Waals surface area (Å²) in [5, 5.41) is 0. The Kier molecular flexibility index (Phi) is 2.48. The number of fused-ring (bicyclic) bond motifs is 1. The van der Waals surface area contributed by atoms with Crippen LogP contribution in [0.1, 0.15) is 19.8 Å². The Balaban J connectivity index is 1.85. The van der Waals surface area contributed by atoms with Crippen molar-refractivity contribution in [3.05, 3.63) is 11.8 Å². The van der Waals surface area contributed by atoms with Gasteiger partial charge in [0.05, 0.1) is 25.4 Å². The van der Waals surface area contributed by atoms with Gasteiger partial charge >= 0.3 is 5.97 Å². The first-order valence-electron chi connectivity index (χ1n) is 5.89. The van der Waals surface area contributed by atoms with Crippen LogP contribution in [0.4, 0.5) is 0 Å². The molecule has 1 aliphatic heterocycles. The summed E-state index contributed by atoms with van der Waals surface area (Å²) in [6.07, 6.45) is 4.47. The first-order chi connectivity index (χ1) is 7.75. The monoisotopic (exact) mass is 224 g/mol. The van der Waals surface area contributed by atoms with Gasteiger partial charge in [-0.3, -0.25) is 4.79 Å². The summed E-state index contributed by atoms with van der Waals surface area (Å²) in [7, 11) is 0. The quantitative estimate of drug-likeness (QED) is 0.629. The van der Waals surface area contributed by atoms with E-state index in [1.807, 2.05) is 0 Å². The molecule has 0 amide bonds. The molecule has 2 fully saturated rings. The van der Waals surface area contributed by atoms with Crippen LogP contribution in [0.5, 0.6) is 0 Å². The summed E-state index contributed by atoms with van der Waals surface area (Å²) < 4.78 is 16.8. The molecule has 0 spiro atoms. The van der Waals surface area contributed by atoms with Crippen LogP contribution in [0.3, 0.4) is 0 Å². The number of ether oxygens (including phenoxy) is 3. The molecule has 88 valence electrons. The van der Waals surface area contributed by atoms with Crippen LogP contribution in [-0.2, 0) is 19.0 Å². The molecule has 0 N–H and O–H groups in total. The van der Waals surface area contributed by atoms with Crippen LogP contribution in [0.15, 0.2) is 11.8 Å². The lowest BCUT2D eigenvalue weighted by Crippen LogP contribution is -2.53. The van der Waals surface area contributed by atoms with E-state index in [4.69, 9.17) is 14.2 Å². The van der Waals surface area contributed by atoms with Crippen LogP contribution in [0.2, 0.25) is 0 Å². The Morgan fingerprint density at radius 3 is 2.81 bits per heavy atom. The maximum absolute atomic E-state index is 11.0. The van der Waals surface area contributed by atoms with Crippen molar-refractivity contribution in [2.75, 3.05) is 13.2 Å². The fourth-order valence-corrected chi connectivity index (χ4v) is 3.06. The Hall–Kier alpha value is -0.870. The number of hydrogen-bond acceptors (Lipinski definition) is 4. The molecule has 4 atom stereocenters. The van der Waals surface area contributed by atoms with Gasteiger partial charge in [0.1, 0.15) is 5.76 Å². The fraction of sp³-hybridized carbons (Fsp3) is 0.750. The number of esters is 1. The zero-order valence-corrected chi connectivity index (χ0v) is 9.35. The number of rotatable bonds is 1. The molecular weight excluding hydrogens is 208 g/mol. The molecule has 3 aliphatic carbocycles. The lowest BCUT2D eigenvalue weighted by molar-refractivity contribution is -0.194. The lowest BCUT2D eigenvalue weighted by Gasteiger charge is -2.48. The van der Waals surface area contributed by atoms with Crippen molar-refractivity contribution in [1.29, 1.82) is 0 Å². The maximum Gasteiger partial charge on any atom is 0.307 e. The van der Waals surface area contributed by atoms with Crippen molar-refractivity contribution in [2.45, 2.75) is 32.0 Å². The minimum atomic E-state index is -0.243. The Morgan fingerprint density at radius 2 is 2.06 bits per heavy atom. The molecule has 4 rings (SSSR count). The van der Waals surface area contributed by atoms with E-state index in [0.717, 1.165) is 18.6 Å². The number of carbonyl (C=O) groups excluding carboxylic acids is 1. The van der Waals surface area contributed by atoms with Gasteiger partial charge in [-0.05, 0) is 18.9 Å². The van der Waals surface area contributed by atoms with E-state index in [2.05, 4.69) is 6.08 Å². The van der Waals surface area contributed by atoms with Gasteiger partial charge in [-0.15, -0.1) is 0 Å². The van der Waals surface area contributed by atoms with E-state index >= 15 is 0 Å². The van der Waals surface area contributed by atoms with Crippen LogP contribution in [-0.4, -0.2) is 31.4 Å². The minimum Gasteiger partial charge on any atom is -0.431 e. The van der Waals surface area contributed by atoms with E-state index in [-0.39, 0.29) is 24.1 Å². The van der Waals surface area contributed by atoms with E-state index in [1.165, 1.54) is 6.92 Å². The minimum absolute atomic E-state index is 0.0897. The molecule has 16 heavy (non-hydrogen) atoms. The predicted molar refractivity (Wildman–Crippen MR) is 55.5 cm³/mol. The van der Waals surface area contributed by atoms with Crippen LogP contribution in [0, 0.1) is 11.8 Å². The van der Waals surface area contributed by atoms with Crippen molar-refractivity contribution in [3.8, 4) is 0 Å². The van der Waals surface area contributed by atoms with Crippen LogP contribution < -0.4 is 0 Å². The summed E-state index contributed by atoms with van der Waals surface area (Å²) in [5.74, 6) is 1.12. The molecule has 4 heteroatoms. The first kappa shape index (κ1) is 10.3. The third kappa shape index (κ3) is 1.57. The highest BCUT2D eigenvalue weighted by atomic mass is 16.6. The van der Waals surface area contributed by atoms with Gasteiger partial charge in [0.2, 0.25) is 0 Å². The van der Waals surface area contributed by atoms with Crippen molar-refractivity contribution >= 4 is 5.97 Å². The van der Waals surface area contributed by atoms with E-state index in [0.29, 0.717) is 19.1 Å². The topological polar surface area (TPSA) is 44.8 Å². The molecule has 0 aromatic carbocycles. The van der Waals surface area contributed by atoms with Crippen molar-refractivity contribution in [2.24, 2.45) is 11.8 Å². The predicted octanol–water partition coefficient (Wildman–Crippen LogP) is 1.26. The molecule has 0 aromatic rings. The summed E-state index contributed by atoms with van der Waals surface area (Å²) >= 11 is 0. The van der Waals surface area contributed by atoms with Gasteiger partial charge < -0.3 is 14.2 Å². The zero-order valence-electron chi connectivity index (χ0n) is 9.35. The lowest BCUT2D eigenvalue weighted by atomic mass is 9.70. The molecule has 4 unspecified atom stereocenters. The van der Waals surface area contributed by atoms with Gasteiger partial charge in [-0.2, -0.15) is 0 Å². The largest absolute Gasteiger partial charge is 0.431 e. The van der Waals surface area contributed by atoms with E-state index < -0.39 is 0 Å². The highest BCUT2D eigenvalue weighted by Crippen LogP contribution is 2.45. The molecule has 2 bridgehead atoms. The van der Waals surface area contributed by atoms with Crippen molar-refractivity contribution in [1.82, 2.24) is 0 Å². The van der Waals surface area contributed by atoms with Crippen molar-refractivity contribution < 1.29 is 19.0 Å². The second kappa shape index (κ2) is 3.86. The average molecular weight is 224 g/mol. The zero-order chi connectivity index (χ0) is 11.1. The van der Waals surface area contributed by atoms with Gasteiger partial charge in [-0.25, -0.2) is 0 Å². The Bertz CT molecular complexity index is 336. The maximum atomic E-state index is 11.0. The van der Waals surface area contributed by atoms with Crippen LogP contribution >= 0.6 is 0 Å². The highest BCUT2D eigenvalue weighted by Gasteiger charge is 2.48. The van der Waals surface area contributed by atoms with Gasteiger partial charge in [0, 0.05) is 18.8 Å². The molecule has 0 radical (unpaired) electrons. The highest BCUT2D eigenvalue weighted by molar-refractivity contribution is 5.67. The standard InChI is InChI=1S/C12H16O4/c1-7(13)16-10-6-8-2-3-9(10)12-11(8)14-4-5-15-12/h6,8-9,11-12H,2-5H2,1H3. The fourth-order valence-electron chi connectivity index (χ4n) is 3.06. The molecule has 4 aliphatic rings. The van der Waals surface area contributed by atoms with E-state index in [1.54, 1.807) is 0 Å². The van der Waals surface area contributed by atoms with Crippen molar-refractivity contribution in [3.63, 3.8) is 0 Å². The molecule has 0 aromatic heterocycles. The Labute approximate surface area is 94.5 Å². The third-order valence-electron chi connectivity index (χ3n) is 3.66. The normalized spacial score (nSPS) is 41.2. The molecule has 1 heterocycles. The van der Waals surface area contributed by atoms with Gasteiger partial charge in [-0.1, -0.05) is 0 Å². The van der Waals surface area contributed by atoms with E-state index in [9.17, 15) is 4.79 Å². The molecule has 1 saturated heterocycles. The molecule has 1 saturated carbocycles. The summed E-state index contributed by atoms with van der Waals surface area (Å²) in [4.78, 5) is 11.0. The smallest absolute Gasteiger partial charge is 0.307 e. The van der Waals surface area contributed by atoms with Crippen LogP contribution in [0.25, 0.3) is 0 Å². The van der Waals surface area contributed by atoms with Gasteiger partial charge in [0.25, 0.3) is 0 Å². The number of carbonyl (C=O) groups is 1. The molecular formula is C12H16O4. The summed E-state index contributed by atoms with van der Waals surface area (Å²) in [5.41, 5.74) is 0. The number of hydrogen-bond donors (Lipinski definition) is 0. The second-order valence-corrected chi connectivity index (χ2v) is 4.68.